The number of nitrogens with zero attached hydrogens (tertiary/aromatic N) is 1. The quantitative estimate of drug-likeness (QED) is 0.299. The van der Waals surface area contributed by atoms with E-state index in [0.29, 0.717) is 21.5 Å². The minimum Gasteiger partial charge on any atom is -0.483 e. The minimum absolute atomic E-state index is 0.0308. The first-order valence-corrected chi connectivity index (χ1v) is 11.3. The Morgan fingerprint density at radius 2 is 1.68 bits per heavy atom. The molecule has 0 atom stereocenters. The van der Waals surface area contributed by atoms with E-state index in [-0.39, 0.29) is 18.1 Å². The number of nitriles is 1. The molecular weight excluding hydrogens is 494 g/mol. The SMILES string of the molecule is Cc1ccccc1NC(=O)/C(C#N)=C\c1ccc(OCC(=O)Nc2cccc(C)c2C)c(Br)c1. The first kappa shape index (κ1) is 24.7. The maximum Gasteiger partial charge on any atom is 0.266 e. The third-order valence-corrected chi connectivity index (χ3v) is 5.88. The number of halogens is 1. The first-order chi connectivity index (χ1) is 16.3. The van der Waals surface area contributed by atoms with Crippen molar-refractivity contribution < 1.29 is 14.3 Å². The van der Waals surface area contributed by atoms with Crippen LogP contribution in [0.5, 0.6) is 5.75 Å². The number of hydrogen-bond acceptors (Lipinski definition) is 4. The number of ether oxygens (including phenoxy) is 1. The molecule has 2 N–H and O–H groups in total. The van der Waals surface area contributed by atoms with Gasteiger partial charge in [-0.3, -0.25) is 9.59 Å². The molecule has 3 aromatic rings. The van der Waals surface area contributed by atoms with Crippen molar-refractivity contribution >= 4 is 45.2 Å². The van der Waals surface area contributed by atoms with E-state index >= 15 is 0 Å². The largest absolute Gasteiger partial charge is 0.483 e. The lowest BCUT2D eigenvalue weighted by Crippen LogP contribution is -2.20. The van der Waals surface area contributed by atoms with Crippen LogP contribution in [0, 0.1) is 32.1 Å². The summed E-state index contributed by atoms with van der Waals surface area (Å²) in [6.45, 7) is 5.65. The van der Waals surface area contributed by atoms with E-state index in [0.717, 1.165) is 22.4 Å². The Balaban J connectivity index is 1.65. The van der Waals surface area contributed by atoms with Crippen molar-refractivity contribution in [2.45, 2.75) is 20.8 Å². The van der Waals surface area contributed by atoms with Crippen LogP contribution in [0.4, 0.5) is 11.4 Å². The molecule has 0 aliphatic carbocycles. The van der Waals surface area contributed by atoms with Gasteiger partial charge in [0.2, 0.25) is 0 Å². The second kappa shape index (κ2) is 11.3. The van der Waals surface area contributed by atoms with Gasteiger partial charge in [0.15, 0.2) is 6.61 Å². The second-order valence-corrected chi connectivity index (χ2v) is 8.57. The fourth-order valence-electron chi connectivity index (χ4n) is 3.16. The van der Waals surface area contributed by atoms with Gasteiger partial charge < -0.3 is 15.4 Å². The maximum absolute atomic E-state index is 12.5. The number of carbonyl (C=O) groups excluding carboxylic acids is 2. The highest BCUT2D eigenvalue weighted by atomic mass is 79.9. The lowest BCUT2D eigenvalue weighted by molar-refractivity contribution is -0.118. The number of amides is 2. The molecule has 7 heteroatoms. The van der Waals surface area contributed by atoms with Crippen LogP contribution in [-0.4, -0.2) is 18.4 Å². The summed E-state index contributed by atoms with van der Waals surface area (Å²) < 4.78 is 6.24. The van der Waals surface area contributed by atoms with Crippen molar-refractivity contribution in [3.8, 4) is 11.8 Å². The van der Waals surface area contributed by atoms with Crippen LogP contribution in [0.15, 0.2) is 70.7 Å². The van der Waals surface area contributed by atoms with Gasteiger partial charge in [0.25, 0.3) is 11.8 Å². The summed E-state index contributed by atoms with van der Waals surface area (Å²) in [5.41, 5.74) is 5.01. The summed E-state index contributed by atoms with van der Waals surface area (Å²) in [5, 5.41) is 15.1. The molecule has 0 radical (unpaired) electrons. The Morgan fingerprint density at radius 1 is 0.971 bits per heavy atom. The van der Waals surface area contributed by atoms with Crippen molar-refractivity contribution in [2.24, 2.45) is 0 Å². The van der Waals surface area contributed by atoms with Gasteiger partial charge in [-0.25, -0.2) is 0 Å². The average molecular weight is 518 g/mol. The molecule has 172 valence electrons. The van der Waals surface area contributed by atoms with Gasteiger partial charge in [0.1, 0.15) is 17.4 Å². The fourth-order valence-corrected chi connectivity index (χ4v) is 3.67. The molecule has 0 heterocycles. The van der Waals surface area contributed by atoms with Crippen LogP contribution >= 0.6 is 15.9 Å². The van der Waals surface area contributed by atoms with E-state index in [1.165, 1.54) is 6.08 Å². The first-order valence-electron chi connectivity index (χ1n) is 10.6. The predicted octanol–water partition coefficient (Wildman–Crippen LogP) is 5.94. The van der Waals surface area contributed by atoms with E-state index in [2.05, 4.69) is 26.6 Å². The Kier molecular flexibility index (Phi) is 8.23. The van der Waals surface area contributed by atoms with E-state index in [1.807, 2.05) is 63.2 Å². The van der Waals surface area contributed by atoms with Gasteiger partial charge in [-0.15, -0.1) is 0 Å². The van der Waals surface area contributed by atoms with Gasteiger partial charge in [-0.05, 0) is 89.3 Å². The van der Waals surface area contributed by atoms with Crippen LogP contribution in [-0.2, 0) is 9.59 Å². The monoisotopic (exact) mass is 517 g/mol. The normalized spacial score (nSPS) is 10.9. The summed E-state index contributed by atoms with van der Waals surface area (Å²) in [4.78, 5) is 24.9. The molecule has 0 bridgehead atoms. The summed E-state index contributed by atoms with van der Waals surface area (Å²) in [6, 6.07) is 20.1. The topological polar surface area (TPSA) is 91.2 Å². The number of anilines is 2. The summed E-state index contributed by atoms with van der Waals surface area (Å²) >= 11 is 3.43. The third kappa shape index (κ3) is 6.33. The average Bonchev–Trinajstić information content (AvgIpc) is 2.81. The molecule has 3 rings (SSSR count). The Hall–Kier alpha value is -3.89. The molecule has 3 aromatic carbocycles. The molecule has 0 saturated heterocycles. The van der Waals surface area contributed by atoms with Crippen LogP contribution in [0.2, 0.25) is 0 Å². The zero-order chi connectivity index (χ0) is 24.7. The second-order valence-electron chi connectivity index (χ2n) is 7.71. The molecule has 0 unspecified atom stereocenters. The molecule has 0 fully saturated rings. The fraction of sp³-hybridized carbons (Fsp3) is 0.148. The van der Waals surface area contributed by atoms with Crippen LogP contribution in [0.3, 0.4) is 0 Å². The molecular formula is C27H24BrN3O3. The summed E-state index contributed by atoms with van der Waals surface area (Å²) in [7, 11) is 0. The van der Waals surface area contributed by atoms with Gasteiger partial charge in [0, 0.05) is 11.4 Å². The Bertz CT molecular complexity index is 1310. The Labute approximate surface area is 207 Å². The van der Waals surface area contributed by atoms with Gasteiger partial charge in [0.05, 0.1) is 4.47 Å². The minimum atomic E-state index is -0.489. The summed E-state index contributed by atoms with van der Waals surface area (Å²) in [6.07, 6.45) is 1.50. The van der Waals surface area contributed by atoms with Gasteiger partial charge in [-0.1, -0.05) is 36.4 Å². The van der Waals surface area contributed by atoms with Crippen LogP contribution in [0.1, 0.15) is 22.3 Å². The lowest BCUT2D eigenvalue weighted by Gasteiger charge is -2.12. The zero-order valence-corrected chi connectivity index (χ0v) is 20.7. The number of para-hydroxylation sites is 1. The number of nitrogens with one attached hydrogen (secondary N) is 2. The van der Waals surface area contributed by atoms with E-state index < -0.39 is 5.91 Å². The van der Waals surface area contributed by atoms with Crippen LogP contribution in [0.25, 0.3) is 6.08 Å². The van der Waals surface area contributed by atoms with Crippen molar-refractivity contribution in [1.82, 2.24) is 0 Å². The Morgan fingerprint density at radius 3 is 2.38 bits per heavy atom. The highest BCUT2D eigenvalue weighted by Gasteiger charge is 2.12. The molecule has 2 amide bonds. The molecule has 0 aliphatic heterocycles. The summed E-state index contributed by atoms with van der Waals surface area (Å²) in [5.74, 6) is -0.295. The standard InChI is InChI=1S/C27H24BrN3O3/c1-17-8-6-10-24(19(17)3)30-26(32)16-34-25-12-11-20(14-22(25)28)13-21(15-29)27(33)31-23-9-5-4-7-18(23)2/h4-14H,16H2,1-3H3,(H,30,32)(H,31,33)/b21-13-. The van der Waals surface area contributed by atoms with Crippen molar-refractivity contribution in [3.05, 3.63) is 93.0 Å². The lowest BCUT2D eigenvalue weighted by atomic mass is 10.1. The smallest absolute Gasteiger partial charge is 0.266 e. The third-order valence-electron chi connectivity index (χ3n) is 5.26. The van der Waals surface area contributed by atoms with Gasteiger partial charge >= 0.3 is 0 Å². The number of hydrogen-bond donors (Lipinski definition) is 2. The molecule has 0 saturated carbocycles. The van der Waals surface area contributed by atoms with E-state index in [4.69, 9.17) is 4.74 Å². The van der Waals surface area contributed by atoms with Crippen molar-refractivity contribution in [3.63, 3.8) is 0 Å². The van der Waals surface area contributed by atoms with E-state index in [1.54, 1.807) is 24.3 Å². The highest BCUT2D eigenvalue weighted by molar-refractivity contribution is 9.10. The molecule has 6 nitrogen and oxygen atoms in total. The number of aryl methyl sites for hydroxylation is 2. The number of rotatable bonds is 7. The molecule has 34 heavy (non-hydrogen) atoms. The maximum atomic E-state index is 12.5. The van der Waals surface area contributed by atoms with Crippen molar-refractivity contribution in [2.75, 3.05) is 17.2 Å². The van der Waals surface area contributed by atoms with Gasteiger partial charge in [-0.2, -0.15) is 5.26 Å². The van der Waals surface area contributed by atoms with Crippen LogP contribution < -0.4 is 15.4 Å². The molecule has 0 aliphatic rings. The number of benzene rings is 3. The van der Waals surface area contributed by atoms with E-state index in [9.17, 15) is 14.9 Å². The number of carbonyl (C=O) groups is 2. The predicted molar refractivity (Wildman–Crippen MR) is 138 cm³/mol. The molecule has 0 spiro atoms. The molecule has 0 aromatic heterocycles. The highest BCUT2D eigenvalue weighted by Crippen LogP contribution is 2.27. The van der Waals surface area contributed by atoms with Crippen molar-refractivity contribution in [1.29, 1.82) is 5.26 Å². The zero-order valence-electron chi connectivity index (χ0n) is 19.1.